The zero-order valence-electron chi connectivity index (χ0n) is 16.5. The number of pyridine rings is 1. The van der Waals surface area contributed by atoms with Gasteiger partial charge in [-0.15, -0.1) is 0 Å². The molecule has 1 fully saturated rings. The van der Waals surface area contributed by atoms with Crippen LogP contribution in [0.3, 0.4) is 0 Å². The first-order valence-electron chi connectivity index (χ1n) is 9.32. The summed E-state index contributed by atoms with van der Waals surface area (Å²) in [5, 5.41) is 4.38. The Morgan fingerprint density at radius 3 is 2.41 bits per heavy atom. The quantitative estimate of drug-likeness (QED) is 0.751. The molecule has 2 aromatic rings. The van der Waals surface area contributed by atoms with Gasteiger partial charge in [0.1, 0.15) is 6.54 Å². The molecule has 7 nitrogen and oxygen atoms in total. The van der Waals surface area contributed by atoms with Gasteiger partial charge in [-0.3, -0.25) is 24.2 Å². The van der Waals surface area contributed by atoms with Gasteiger partial charge in [-0.05, 0) is 39.3 Å². The van der Waals surface area contributed by atoms with Crippen LogP contribution in [0, 0.1) is 20.8 Å². The molecule has 0 aromatic carbocycles. The highest BCUT2D eigenvalue weighted by atomic mass is 16.2. The summed E-state index contributed by atoms with van der Waals surface area (Å²) in [6.07, 6.45) is 1.83. The van der Waals surface area contributed by atoms with Gasteiger partial charge in [0.2, 0.25) is 5.91 Å². The van der Waals surface area contributed by atoms with E-state index in [9.17, 15) is 9.59 Å². The van der Waals surface area contributed by atoms with E-state index in [0.717, 1.165) is 31.0 Å². The molecule has 0 unspecified atom stereocenters. The Hall–Kier alpha value is -2.54. The highest BCUT2D eigenvalue weighted by molar-refractivity contribution is 5.96. The van der Waals surface area contributed by atoms with E-state index < -0.39 is 0 Å². The molecular weight excluding hydrogens is 342 g/mol. The van der Waals surface area contributed by atoms with Crippen LogP contribution in [0.5, 0.6) is 0 Å². The Kier molecular flexibility index (Phi) is 5.70. The number of carbonyl (C=O) groups is 2. The van der Waals surface area contributed by atoms with E-state index >= 15 is 0 Å². The van der Waals surface area contributed by atoms with Crippen LogP contribution in [0.15, 0.2) is 18.3 Å². The summed E-state index contributed by atoms with van der Waals surface area (Å²) in [5.41, 5.74) is 4.36. The highest BCUT2D eigenvalue weighted by Crippen LogP contribution is 2.15. The Bertz CT molecular complexity index is 850. The number of hydrogen-bond acceptors (Lipinski definition) is 5. The van der Waals surface area contributed by atoms with Gasteiger partial charge in [-0.25, -0.2) is 0 Å². The molecule has 0 spiro atoms. The van der Waals surface area contributed by atoms with E-state index in [1.807, 2.05) is 31.0 Å². The van der Waals surface area contributed by atoms with Gasteiger partial charge in [0.25, 0.3) is 0 Å². The molecule has 1 amide bonds. The summed E-state index contributed by atoms with van der Waals surface area (Å²) in [7, 11) is 0. The number of rotatable bonds is 5. The van der Waals surface area contributed by atoms with E-state index in [1.54, 1.807) is 4.68 Å². The number of aryl methyl sites for hydroxylation is 2. The minimum absolute atomic E-state index is 0.0119. The monoisotopic (exact) mass is 369 g/mol. The fourth-order valence-corrected chi connectivity index (χ4v) is 3.64. The number of aromatic nitrogens is 3. The number of ketones is 1. The summed E-state index contributed by atoms with van der Waals surface area (Å²) < 4.78 is 1.65. The highest BCUT2D eigenvalue weighted by Gasteiger charge is 2.23. The summed E-state index contributed by atoms with van der Waals surface area (Å²) in [6, 6.07) is 4.03. The molecule has 0 saturated carbocycles. The number of carbonyl (C=O) groups excluding carboxylic acids is 2. The molecular formula is C20H27N5O2. The topological polar surface area (TPSA) is 71.3 Å². The maximum Gasteiger partial charge on any atom is 0.244 e. The predicted octanol–water partition coefficient (Wildman–Crippen LogP) is 1.75. The van der Waals surface area contributed by atoms with E-state index in [2.05, 4.69) is 28.0 Å². The Labute approximate surface area is 160 Å². The van der Waals surface area contributed by atoms with Gasteiger partial charge >= 0.3 is 0 Å². The normalized spacial score (nSPS) is 15.2. The molecule has 2 aromatic heterocycles. The molecule has 0 N–H and O–H groups in total. The van der Waals surface area contributed by atoms with Crippen molar-refractivity contribution in [2.75, 3.05) is 26.2 Å². The van der Waals surface area contributed by atoms with E-state index in [0.29, 0.717) is 24.3 Å². The summed E-state index contributed by atoms with van der Waals surface area (Å²) in [4.78, 5) is 33.1. The fourth-order valence-electron chi connectivity index (χ4n) is 3.64. The van der Waals surface area contributed by atoms with Crippen LogP contribution in [-0.2, 0) is 17.9 Å². The lowest BCUT2D eigenvalue weighted by Crippen LogP contribution is -2.49. The maximum absolute atomic E-state index is 12.7. The Morgan fingerprint density at radius 2 is 1.81 bits per heavy atom. The van der Waals surface area contributed by atoms with E-state index in [1.165, 1.54) is 12.5 Å². The van der Waals surface area contributed by atoms with Crippen molar-refractivity contribution < 1.29 is 9.59 Å². The van der Waals surface area contributed by atoms with Crippen LogP contribution in [0.2, 0.25) is 0 Å². The number of piperazine rings is 1. The van der Waals surface area contributed by atoms with Gasteiger partial charge in [0, 0.05) is 44.6 Å². The second-order valence-electron chi connectivity index (χ2n) is 7.18. The molecule has 0 atom stereocenters. The first-order chi connectivity index (χ1) is 12.9. The molecule has 1 aliphatic heterocycles. The first kappa shape index (κ1) is 19.2. The number of amides is 1. The molecule has 3 heterocycles. The van der Waals surface area contributed by atoms with Crippen LogP contribution in [0.1, 0.15) is 39.9 Å². The minimum atomic E-state index is -0.0119. The van der Waals surface area contributed by atoms with Crippen molar-refractivity contribution in [3.8, 4) is 0 Å². The summed E-state index contributed by atoms with van der Waals surface area (Å²) in [5.74, 6) is 0.0338. The van der Waals surface area contributed by atoms with Crippen LogP contribution >= 0.6 is 0 Å². The molecule has 1 saturated heterocycles. The molecule has 27 heavy (non-hydrogen) atoms. The van der Waals surface area contributed by atoms with Gasteiger partial charge < -0.3 is 4.90 Å². The van der Waals surface area contributed by atoms with Crippen LogP contribution in [0.25, 0.3) is 0 Å². The third-order valence-electron chi connectivity index (χ3n) is 5.23. The maximum atomic E-state index is 12.7. The van der Waals surface area contributed by atoms with Gasteiger partial charge in [0.15, 0.2) is 5.78 Å². The largest absolute Gasteiger partial charge is 0.339 e. The number of nitrogens with zero attached hydrogens (tertiary/aromatic N) is 5. The van der Waals surface area contributed by atoms with Crippen molar-refractivity contribution in [1.29, 1.82) is 0 Å². The molecule has 0 bridgehead atoms. The lowest BCUT2D eigenvalue weighted by molar-refractivity contribution is -0.133. The van der Waals surface area contributed by atoms with Crippen molar-refractivity contribution in [2.45, 2.75) is 40.8 Å². The average Bonchev–Trinajstić information content (AvgIpc) is 2.91. The SMILES string of the molecule is CC(=O)c1c(C)nn(CC(=O)N2CCN(Cc3ncccc3C)CC2)c1C. The first-order valence-corrected chi connectivity index (χ1v) is 9.32. The van der Waals surface area contributed by atoms with E-state index in [-0.39, 0.29) is 18.2 Å². The van der Waals surface area contributed by atoms with Gasteiger partial charge in [0.05, 0.1) is 17.0 Å². The van der Waals surface area contributed by atoms with Crippen molar-refractivity contribution in [2.24, 2.45) is 0 Å². The standard InChI is InChI=1S/C20H27N5O2/c1-14-6-5-7-21-18(14)12-23-8-10-24(11-9-23)19(27)13-25-16(3)20(17(4)26)15(2)22-25/h5-7H,8-13H2,1-4H3. The lowest BCUT2D eigenvalue weighted by atomic mass is 10.1. The zero-order chi connectivity index (χ0) is 19.6. The van der Waals surface area contributed by atoms with Gasteiger partial charge in [-0.2, -0.15) is 5.10 Å². The molecule has 7 heteroatoms. The average molecular weight is 369 g/mol. The minimum Gasteiger partial charge on any atom is -0.339 e. The zero-order valence-corrected chi connectivity index (χ0v) is 16.5. The molecule has 3 rings (SSSR count). The summed E-state index contributed by atoms with van der Waals surface area (Å²) >= 11 is 0. The van der Waals surface area contributed by atoms with Crippen LogP contribution in [-0.4, -0.2) is 62.4 Å². The molecule has 0 aliphatic carbocycles. The van der Waals surface area contributed by atoms with E-state index in [4.69, 9.17) is 0 Å². The molecule has 144 valence electrons. The second kappa shape index (κ2) is 8.00. The third-order valence-corrected chi connectivity index (χ3v) is 5.23. The van der Waals surface area contributed by atoms with Crippen molar-refractivity contribution >= 4 is 11.7 Å². The number of hydrogen-bond donors (Lipinski definition) is 0. The molecule has 0 radical (unpaired) electrons. The number of Topliss-reactive ketones (excluding diaryl/α,β-unsaturated/α-hetero) is 1. The third kappa shape index (κ3) is 4.24. The predicted molar refractivity (Wildman–Crippen MR) is 103 cm³/mol. The fraction of sp³-hybridized carbons (Fsp3) is 0.500. The Balaban J connectivity index is 1.57. The van der Waals surface area contributed by atoms with Crippen LogP contribution < -0.4 is 0 Å². The van der Waals surface area contributed by atoms with Crippen molar-refractivity contribution in [1.82, 2.24) is 24.6 Å². The van der Waals surface area contributed by atoms with Crippen molar-refractivity contribution in [3.05, 3.63) is 46.5 Å². The second-order valence-corrected chi connectivity index (χ2v) is 7.18. The summed E-state index contributed by atoms with van der Waals surface area (Å²) in [6.45, 7) is 11.3. The van der Waals surface area contributed by atoms with Crippen molar-refractivity contribution in [3.63, 3.8) is 0 Å². The van der Waals surface area contributed by atoms with Crippen LogP contribution in [0.4, 0.5) is 0 Å². The van der Waals surface area contributed by atoms with Gasteiger partial charge in [-0.1, -0.05) is 6.07 Å². The molecule has 1 aliphatic rings. The lowest BCUT2D eigenvalue weighted by Gasteiger charge is -2.34. The Morgan fingerprint density at radius 1 is 1.11 bits per heavy atom. The smallest absolute Gasteiger partial charge is 0.244 e.